The van der Waals surface area contributed by atoms with Gasteiger partial charge in [-0.25, -0.2) is 4.79 Å². The molecule has 0 saturated heterocycles. The van der Waals surface area contributed by atoms with E-state index in [-0.39, 0.29) is 22.9 Å². The van der Waals surface area contributed by atoms with Crippen LogP contribution in [0.1, 0.15) is 31.8 Å². The normalized spacial score (nSPS) is 10.3. The molecule has 0 spiro atoms. The predicted molar refractivity (Wildman–Crippen MR) is 108 cm³/mol. The fourth-order valence-corrected chi connectivity index (χ4v) is 2.61. The Morgan fingerprint density at radius 2 is 1.52 bits per heavy atom. The van der Waals surface area contributed by atoms with Crippen molar-refractivity contribution in [1.29, 1.82) is 0 Å². The van der Waals surface area contributed by atoms with E-state index in [1.165, 1.54) is 42.5 Å². The first-order valence-corrected chi connectivity index (χ1v) is 8.79. The maximum atomic E-state index is 12.3. The summed E-state index contributed by atoms with van der Waals surface area (Å²) in [7, 11) is 0. The fraction of sp³-hybridized carbons (Fsp3) is 0.0909. The zero-order valence-corrected chi connectivity index (χ0v) is 15.8. The zero-order valence-electron chi connectivity index (χ0n) is 15.8. The third-order valence-corrected chi connectivity index (χ3v) is 4.28. The number of rotatable bonds is 5. The van der Waals surface area contributed by atoms with Crippen LogP contribution >= 0.6 is 0 Å². The second-order valence-electron chi connectivity index (χ2n) is 6.49. The summed E-state index contributed by atoms with van der Waals surface area (Å²) in [5, 5.41) is 13.8. The highest BCUT2D eigenvalue weighted by molar-refractivity contribution is 6.04. The lowest BCUT2D eigenvalue weighted by molar-refractivity contribution is -0.385. The number of aryl methyl sites for hydroxylation is 2. The minimum Gasteiger partial charge on any atom is -0.423 e. The first kappa shape index (κ1) is 19.8. The van der Waals surface area contributed by atoms with Gasteiger partial charge >= 0.3 is 5.97 Å². The second kappa shape index (κ2) is 8.35. The molecule has 0 radical (unpaired) electrons. The van der Waals surface area contributed by atoms with E-state index >= 15 is 0 Å². The van der Waals surface area contributed by atoms with E-state index < -0.39 is 10.9 Å². The summed E-state index contributed by atoms with van der Waals surface area (Å²) < 4.78 is 5.25. The molecule has 0 aliphatic carbocycles. The van der Waals surface area contributed by atoms with Gasteiger partial charge in [0.05, 0.1) is 10.5 Å². The predicted octanol–water partition coefficient (Wildman–Crippen LogP) is 4.68. The lowest BCUT2D eigenvalue weighted by Gasteiger charge is -2.08. The van der Waals surface area contributed by atoms with E-state index in [1.54, 1.807) is 6.92 Å². The molecule has 0 fully saturated rings. The molecule has 3 aromatic carbocycles. The summed E-state index contributed by atoms with van der Waals surface area (Å²) in [5.41, 5.74) is 2.54. The highest BCUT2D eigenvalue weighted by atomic mass is 16.6. The first-order chi connectivity index (χ1) is 13.8. The van der Waals surface area contributed by atoms with Crippen LogP contribution < -0.4 is 10.1 Å². The summed E-state index contributed by atoms with van der Waals surface area (Å²) >= 11 is 0. The number of nitro groups is 1. The summed E-state index contributed by atoms with van der Waals surface area (Å²) in [4.78, 5) is 35.0. The molecule has 0 saturated carbocycles. The number of benzene rings is 3. The smallest absolute Gasteiger partial charge is 0.343 e. The van der Waals surface area contributed by atoms with Crippen molar-refractivity contribution in [1.82, 2.24) is 0 Å². The molecule has 0 aliphatic heterocycles. The lowest BCUT2D eigenvalue weighted by atomic mass is 10.1. The number of esters is 1. The molecule has 0 aromatic heterocycles. The number of nitrogens with zero attached hydrogens (tertiary/aromatic N) is 1. The molecule has 0 atom stereocenters. The van der Waals surface area contributed by atoms with E-state index in [9.17, 15) is 19.7 Å². The Bertz CT molecular complexity index is 1070. The standard InChI is InChI=1S/C22H18N2O5/c1-14-3-9-18(10-4-14)23-21(25)16-7-11-19(12-8-16)29-22(26)17-6-5-15(2)20(13-17)24(27)28/h3-13H,1-2H3,(H,23,25). The van der Waals surface area contributed by atoms with Crippen LogP contribution in [0.25, 0.3) is 0 Å². The Labute approximate surface area is 167 Å². The van der Waals surface area contributed by atoms with Crippen molar-refractivity contribution < 1.29 is 19.2 Å². The van der Waals surface area contributed by atoms with Gasteiger partial charge in [-0.3, -0.25) is 14.9 Å². The van der Waals surface area contributed by atoms with Crippen molar-refractivity contribution in [2.75, 3.05) is 5.32 Å². The van der Waals surface area contributed by atoms with Crippen LogP contribution in [0.5, 0.6) is 5.75 Å². The van der Waals surface area contributed by atoms with Crippen LogP contribution in [0, 0.1) is 24.0 Å². The highest BCUT2D eigenvalue weighted by Crippen LogP contribution is 2.21. The van der Waals surface area contributed by atoms with Crippen molar-refractivity contribution in [2.24, 2.45) is 0 Å². The van der Waals surface area contributed by atoms with E-state index in [2.05, 4.69) is 5.32 Å². The zero-order chi connectivity index (χ0) is 21.0. The Morgan fingerprint density at radius 1 is 0.897 bits per heavy atom. The number of nitrogens with one attached hydrogen (secondary N) is 1. The number of carbonyl (C=O) groups excluding carboxylic acids is 2. The topological polar surface area (TPSA) is 98.5 Å². The van der Waals surface area contributed by atoms with Crippen LogP contribution in [-0.2, 0) is 0 Å². The summed E-state index contributed by atoms with van der Waals surface area (Å²) in [6, 6.07) is 17.6. The number of carbonyl (C=O) groups is 2. The second-order valence-corrected chi connectivity index (χ2v) is 6.49. The Morgan fingerprint density at radius 3 is 2.14 bits per heavy atom. The maximum absolute atomic E-state index is 12.3. The molecule has 29 heavy (non-hydrogen) atoms. The minimum absolute atomic E-state index is 0.0727. The number of ether oxygens (including phenoxy) is 1. The van der Waals surface area contributed by atoms with Gasteiger partial charge in [-0.15, -0.1) is 0 Å². The summed E-state index contributed by atoms with van der Waals surface area (Å²) in [6.07, 6.45) is 0. The van der Waals surface area contributed by atoms with Gasteiger partial charge in [0.1, 0.15) is 5.75 Å². The van der Waals surface area contributed by atoms with E-state index in [1.807, 2.05) is 31.2 Å². The molecule has 3 aromatic rings. The van der Waals surface area contributed by atoms with Crippen LogP contribution in [-0.4, -0.2) is 16.8 Å². The molecule has 1 amide bonds. The van der Waals surface area contributed by atoms with Crippen molar-refractivity contribution in [3.05, 3.63) is 99.1 Å². The lowest BCUT2D eigenvalue weighted by Crippen LogP contribution is -2.12. The largest absolute Gasteiger partial charge is 0.423 e. The first-order valence-electron chi connectivity index (χ1n) is 8.79. The van der Waals surface area contributed by atoms with Crippen LogP contribution in [0.3, 0.4) is 0 Å². The molecule has 7 nitrogen and oxygen atoms in total. The fourth-order valence-electron chi connectivity index (χ4n) is 2.61. The monoisotopic (exact) mass is 390 g/mol. The van der Waals surface area contributed by atoms with Crippen molar-refractivity contribution in [3.63, 3.8) is 0 Å². The van der Waals surface area contributed by atoms with E-state index in [0.717, 1.165) is 5.56 Å². The van der Waals surface area contributed by atoms with Gasteiger partial charge in [-0.05, 0) is 56.3 Å². The minimum atomic E-state index is -0.718. The Balaban J connectivity index is 1.68. The number of hydrogen-bond acceptors (Lipinski definition) is 5. The molecule has 0 aliphatic rings. The van der Waals surface area contributed by atoms with Gasteiger partial charge in [0.15, 0.2) is 0 Å². The highest BCUT2D eigenvalue weighted by Gasteiger charge is 2.16. The third kappa shape index (κ3) is 4.84. The number of nitro benzene ring substituents is 1. The van der Waals surface area contributed by atoms with Crippen LogP contribution in [0.4, 0.5) is 11.4 Å². The van der Waals surface area contributed by atoms with Crippen LogP contribution in [0.2, 0.25) is 0 Å². The van der Waals surface area contributed by atoms with Gasteiger partial charge in [-0.2, -0.15) is 0 Å². The third-order valence-electron chi connectivity index (χ3n) is 4.28. The van der Waals surface area contributed by atoms with Gasteiger partial charge in [-0.1, -0.05) is 23.8 Å². The molecular weight excluding hydrogens is 372 g/mol. The Kier molecular flexibility index (Phi) is 5.69. The SMILES string of the molecule is Cc1ccc(NC(=O)c2ccc(OC(=O)c3ccc(C)c([N+](=O)[O-])c3)cc2)cc1. The van der Waals surface area contributed by atoms with Crippen molar-refractivity contribution in [3.8, 4) is 5.75 Å². The molecule has 0 unspecified atom stereocenters. The molecule has 146 valence electrons. The van der Waals surface area contributed by atoms with Crippen LogP contribution in [0.15, 0.2) is 66.7 Å². The molecule has 3 rings (SSSR count). The number of amides is 1. The van der Waals surface area contributed by atoms with E-state index in [0.29, 0.717) is 16.8 Å². The summed E-state index contributed by atoms with van der Waals surface area (Å²) in [6.45, 7) is 3.55. The van der Waals surface area contributed by atoms with Gasteiger partial charge in [0, 0.05) is 22.9 Å². The molecule has 7 heteroatoms. The quantitative estimate of drug-likeness (QED) is 0.295. The molecule has 0 heterocycles. The molecular formula is C22H18N2O5. The average molecular weight is 390 g/mol. The number of hydrogen-bond donors (Lipinski definition) is 1. The summed E-state index contributed by atoms with van der Waals surface area (Å²) in [5.74, 6) is -0.782. The van der Waals surface area contributed by atoms with Gasteiger partial charge < -0.3 is 10.1 Å². The van der Waals surface area contributed by atoms with E-state index in [4.69, 9.17) is 4.74 Å². The van der Waals surface area contributed by atoms with Crippen molar-refractivity contribution >= 4 is 23.3 Å². The van der Waals surface area contributed by atoms with Gasteiger partial charge in [0.25, 0.3) is 11.6 Å². The maximum Gasteiger partial charge on any atom is 0.343 e. The number of anilines is 1. The van der Waals surface area contributed by atoms with Gasteiger partial charge in [0.2, 0.25) is 0 Å². The molecule has 1 N–H and O–H groups in total. The average Bonchev–Trinajstić information content (AvgIpc) is 2.70. The Hall–Kier alpha value is -4.00. The van der Waals surface area contributed by atoms with Crippen molar-refractivity contribution in [2.45, 2.75) is 13.8 Å². The molecule has 0 bridgehead atoms.